The lowest BCUT2D eigenvalue weighted by Gasteiger charge is -2.19. The number of rotatable bonds is 6. The molecule has 0 saturated carbocycles. The second-order valence-corrected chi connectivity index (χ2v) is 7.55. The molecule has 0 bridgehead atoms. The van der Waals surface area contributed by atoms with E-state index in [9.17, 15) is 8.42 Å². The molecule has 3 rings (SSSR count). The average molecular weight is 378 g/mol. The summed E-state index contributed by atoms with van der Waals surface area (Å²) in [6.45, 7) is 2.02. The maximum absolute atomic E-state index is 12.8. The van der Waals surface area contributed by atoms with Crippen LogP contribution in [-0.4, -0.2) is 28.2 Å². The topological polar surface area (TPSA) is 89.8 Å². The Kier molecular flexibility index (Phi) is 5.12. The Balaban J connectivity index is 1.92. The van der Waals surface area contributed by atoms with E-state index in [2.05, 4.69) is 19.8 Å². The zero-order valence-corrected chi connectivity index (χ0v) is 14.9. The van der Waals surface area contributed by atoms with Gasteiger partial charge in [-0.05, 0) is 24.1 Å². The number of pyridine rings is 1. The molecule has 0 fully saturated rings. The van der Waals surface area contributed by atoms with Crippen LogP contribution in [0, 0.1) is 6.92 Å². The van der Waals surface area contributed by atoms with Crippen molar-refractivity contribution < 1.29 is 8.42 Å². The van der Waals surface area contributed by atoms with Crippen molar-refractivity contribution >= 4 is 21.6 Å². The van der Waals surface area contributed by atoms with Gasteiger partial charge in [-0.15, -0.1) is 0 Å². The van der Waals surface area contributed by atoms with Crippen molar-refractivity contribution in [3.63, 3.8) is 0 Å². The monoisotopic (exact) mass is 377 g/mol. The van der Waals surface area contributed by atoms with Crippen LogP contribution < -0.4 is 4.72 Å². The van der Waals surface area contributed by atoms with E-state index < -0.39 is 16.1 Å². The van der Waals surface area contributed by atoms with Gasteiger partial charge in [-0.2, -0.15) is 5.10 Å². The van der Waals surface area contributed by atoms with E-state index >= 15 is 0 Å². The summed E-state index contributed by atoms with van der Waals surface area (Å²) in [6, 6.07) is 10.3. The standard InChI is InChI=1S/C16H16ClN5O2S/c1-12-7-14(8-19-16(12)17)25(23,24)21-15(9-22-11-18-10-20-22)13-5-3-2-4-6-13/h2-8,10-11,15,21H,9H2,1H3. The van der Waals surface area contributed by atoms with Gasteiger partial charge in [-0.25, -0.2) is 23.1 Å². The van der Waals surface area contributed by atoms with Crippen molar-refractivity contribution in [1.82, 2.24) is 24.5 Å². The van der Waals surface area contributed by atoms with Crippen LogP contribution in [0.25, 0.3) is 0 Å². The molecular formula is C16H16ClN5O2S. The molecule has 0 radical (unpaired) electrons. The van der Waals surface area contributed by atoms with E-state index in [1.165, 1.54) is 24.9 Å². The van der Waals surface area contributed by atoms with Crippen molar-refractivity contribution in [1.29, 1.82) is 0 Å². The SMILES string of the molecule is Cc1cc(S(=O)(=O)NC(Cn2cncn2)c2ccccc2)cnc1Cl. The molecule has 9 heteroatoms. The smallest absolute Gasteiger partial charge is 0.242 e. The molecule has 1 unspecified atom stereocenters. The fourth-order valence-electron chi connectivity index (χ4n) is 2.34. The van der Waals surface area contributed by atoms with Crippen molar-refractivity contribution in [3.05, 3.63) is 71.5 Å². The van der Waals surface area contributed by atoms with Gasteiger partial charge in [0, 0.05) is 6.20 Å². The van der Waals surface area contributed by atoms with Crippen molar-refractivity contribution in [3.8, 4) is 0 Å². The van der Waals surface area contributed by atoms with Gasteiger partial charge in [0.1, 0.15) is 22.7 Å². The molecule has 0 aliphatic rings. The summed E-state index contributed by atoms with van der Waals surface area (Å²) in [5, 5.41) is 4.33. The van der Waals surface area contributed by atoms with Crippen LogP contribution in [-0.2, 0) is 16.6 Å². The molecular weight excluding hydrogens is 362 g/mol. The first-order valence-electron chi connectivity index (χ1n) is 7.47. The Morgan fingerprint density at radius 2 is 2.04 bits per heavy atom. The van der Waals surface area contributed by atoms with Gasteiger partial charge in [-0.1, -0.05) is 41.9 Å². The van der Waals surface area contributed by atoms with Crippen LogP contribution in [0.15, 0.2) is 60.1 Å². The molecule has 7 nitrogen and oxygen atoms in total. The zero-order valence-electron chi connectivity index (χ0n) is 13.4. The third-order valence-corrected chi connectivity index (χ3v) is 5.47. The summed E-state index contributed by atoms with van der Waals surface area (Å²) in [4.78, 5) is 7.88. The quantitative estimate of drug-likeness (QED) is 0.666. The van der Waals surface area contributed by atoms with Gasteiger partial charge in [-0.3, -0.25) is 4.68 Å². The molecule has 130 valence electrons. The van der Waals surface area contributed by atoms with Crippen LogP contribution in [0.2, 0.25) is 5.15 Å². The number of halogens is 1. The number of aromatic nitrogens is 4. The van der Waals surface area contributed by atoms with E-state index in [1.54, 1.807) is 11.6 Å². The van der Waals surface area contributed by atoms with Gasteiger partial charge in [0.2, 0.25) is 10.0 Å². The highest BCUT2D eigenvalue weighted by atomic mass is 35.5. The van der Waals surface area contributed by atoms with Crippen LogP contribution in [0.1, 0.15) is 17.2 Å². The predicted molar refractivity (Wildman–Crippen MR) is 93.5 cm³/mol. The first kappa shape index (κ1) is 17.5. The lowest BCUT2D eigenvalue weighted by molar-refractivity contribution is 0.482. The van der Waals surface area contributed by atoms with E-state index in [0.29, 0.717) is 12.1 Å². The van der Waals surface area contributed by atoms with Gasteiger partial charge in [0.25, 0.3) is 0 Å². The molecule has 2 aromatic heterocycles. The van der Waals surface area contributed by atoms with Crippen molar-refractivity contribution in [2.24, 2.45) is 0 Å². The molecule has 0 saturated heterocycles. The van der Waals surface area contributed by atoms with Gasteiger partial charge >= 0.3 is 0 Å². The minimum Gasteiger partial charge on any atom is -0.251 e. The first-order chi connectivity index (χ1) is 12.0. The summed E-state index contributed by atoms with van der Waals surface area (Å²) >= 11 is 5.88. The number of nitrogens with one attached hydrogen (secondary N) is 1. The van der Waals surface area contributed by atoms with Crippen molar-refractivity contribution in [2.45, 2.75) is 24.4 Å². The zero-order chi connectivity index (χ0) is 17.9. The summed E-state index contributed by atoms with van der Waals surface area (Å²) in [6.07, 6.45) is 4.19. The number of aryl methyl sites for hydroxylation is 1. The van der Waals surface area contributed by atoms with Gasteiger partial charge in [0.05, 0.1) is 12.6 Å². The molecule has 0 aliphatic carbocycles. The molecule has 2 heterocycles. The van der Waals surface area contributed by atoms with E-state index in [4.69, 9.17) is 11.6 Å². The number of nitrogens with zero attached hydrogens (tertiary/aromatic N) is 4. The summed E-state index contributed by atoms with van der Waals surface area (Å²) in [7, 11) is -3.78. The molecule has 1 atom stereocenters. The predicted octanol–water partition coefficient (Wildman–Crippen LogP) is 2.35. The fraction of sp³-hybridized carbons (Fsp3) is 0.188. The van der Waals surface area contributed by atoms with Crippen LogP contribution in [0.4, 0.5) is 0 Å². The molecule has 25 heavy (non-hydrogen) atoms. The highest BCUT2D eigenvalue weighted by Gasteiger charge is 2.23. The number of benzene rings is 1. The average Bonchev–Trinajstić information content (AvgIpc) is 3.10. The molecule has 1 N–H and O–H groups in total. The first-order valence-corrected chi connectivity index (χ1v) is 9.33. The minimum atomic E-state index is -3.78. The number of hydrogen-bond donors (Lipinski definition) is 1. The highest BCUT2D eigenvalue weighted by Crippen LogP contribution is 2.21. The second-order valence-electron chi connectivity index (χ2n) is 5.48. The molecule has 0 aliphatic heterocycles. The highest BCUT2D eigenvalue weighted by molar-refractivity contribution is 7.89. The van der Waals surface area contributed by atoms with E-state index in [0.717, 1.165) is 5.56 Å². The Morgan fingerprint density at radius 1 is 1.28 bits per heavy atom. The number of sulfonamides is 1. The van der Waals surface area contributed by atoms with Gasteiger partial charge in [0.15, 0.2) is 0 Å². The molecule has 0 spiro atoms. The Morgan fingerprint density at radius 3 is 2.68 bits per heavy atom. The Bertz CT molecular complexity index is 946. The second kappa shape index (κ2) is 7.30. The van der Waals surface area contributed by atoms with Crippen LogP contribution >= 0.6 is 11.6 Å². The lowest BCUT2D eigenvalue weighted by Crippen LogP contribution is -2.31. The fourth-order valence-corrected chi connectivity index (χ4v) is 3.69. The Hall–Kier alpha value is -2.29. The number of hydrogen-bond acceptors (Lipinski definition) is 5. The van der Waals surface area contributed by atoms with Crippen molar-refractivity contribution in [2.75, 3.05) is 0 Å². The Labute approximate surface area is 150 Å². The maximum Gasteiger partial charge on any atom is 0.242 e. The summed E-state index contributed by atoms with van der Waals surface area (Å²) in [5.41, 5.74) is 1.41. The third kappa shape index (κ3) is 4.22. The lowest BCUT2D eigenvalue weighted by atomic mass is 10.1. The van der Waals surface area contributed by atoms with Crippen LogP contribution in [0.3, 0.4) is 0 Å². The van der Waals surface area contributed by atoms with E-state index in [1.807, 2.05) is 30.3 Å². The molecule has 1 aromatic carbocycles. The summed E-state index contributed by atoms with van der Waals surface area (Å²) in [5.74, 6) is 0. The summed E-state index contributed by atoms with van der Waals surface area (Å²) < 4.78 is 29.8. The minimum absolute atomic E-state index is 0.0638. The van der Waals surface area contributed by atoms with Gasteiger partial charge < -0.3 is 0 Å². The maximum atomic E-state index is 12.8. The molecule has 3 aromatic rings. The normalized spacial score (nSPS) is 12.9. The third-order valence-electron chi connectivity index (χ3n) is 3.64. The largest absolute Gasteiger partial charge is 0.251 e. The van der Waals surface area contributed by atoms with E-state index in [-0.39, 0.29) is 10.0 Å². The van der Waals surface area contributed by atoms with Crippen LogP contribution in [0.5, 0.6) is 0 Å². The molecule has 0 amide bonds.